The van der Waals surface area contributed by atoms with Crippen molar-refractivity contribution >= 4 is 33.5 Å². The fourth-order valence-electron chi connectivity index (χ4n) is 2.59. The summed E-state index contributed by atoms with van der Waals surface area (Å²) < 4.78 is 24.2. The van der Waals surface area contributed by atoms with Crippen LogP contribution in [0.4, 0.5) is 4.39 Å². The van der Waals surface area contributed by atoms with E-state index in [0.29, 0.717) is 6.10 Å². The number of thioether (sulfide) groups is 1. The van der Waals surface area contributed by atoms with Crippen LogP contribution in [0.1, 0.15) is 12.8 Å². The topological polar surface area (TPSA) is 47.9 Å². The number of ether oxygens (including phenoxy) is 1. The average molecular weight is 347 g/mol. The van der Waals surface area contributed by atoms with Crippen LogP contribution in [0, 0.1) is 5.82 Å². The van der Waals surface area contributed by atoms with Crippen LogP contribution in [-0.4, -0.2) is 32.8 Å². The second kappa shape index (κ2) is 6.51. The summed E-state index contributed by atoms with van der Waals surface area (Å²) in [5, 5.41) is 0.941. The van der Waals surface area contributed by atoms with Crippen molar-refractivity contribution in [3.05, 3.63) is 36.4 Å². The molecule has 0 amide bonds. The van der Waals surface area contributed by atoms with Gasteiger partial charge in [-0.05, 0) is 48.6 Å². The van der Waals surface area contributed by atoms with Crippen molar-refractivity contribution in [3.8, 4) is 11.3 Å². The number of aromatic nitrogens is 3. The van der Waals surface area contributed by atoms with Crippen molar-refractivity contribution in [1.82, 2.24) is 14.3 Å². The molecular weight excluding hydrogens is 333 g/mol. The molecule has 4 nitrogen and oxygen atoms in total. The fourth-order valence-corrected chi connectivity index (χ4v) is 4.58. The zero-order chi connectivity index (χ0) is 15.6. The fraction of sp³-hybridized carbons (Fsp3) is 0.312. The summed E-state index contributed by atoms with van der Waals surface area (Å²) in [6.07, 6.45) is 4.14. The van der Waals surface area contributed by atoms with Gasteiger partial charge in [0, 0.05) is 17.9 Å². The maximum absolute atomic E-state index is 13.1. The first-order chi connectivity index (χ1) is 11.3. The van der Waals surface area contributed by atoms with Gasteiger partial charge in [-0.25, -0.2) is 14.4 Å². The molecule has 1 atom stereocenters. The Morgan fingerprint density at radius 3 is 2.91 bits per heavy atom. The van der Waals surface area contributed by atoms with Crippen LogP contribution >= 0.6 is 23.3 Å². The van der Waals surface area contributed by atoms with E-state index in [1.165, 1.54) is 23.7 Å². The van der Waals surface area contributed by atoms with Crippen molar-refractivity contribution in [3.63, 3.8) is 0 Å². The first-order valence-corrected chi connectivity index (χ1v) is 9.18. The molecule has 0 radical (unpaired) electrons. The van der Waals surface area contributed by atoms with Crippen LogP contribution in [-0.2, 0) is 4.74 Å². The quantitative estimate of drug-likeness (QED) is 0.524. The second-order valence-corrected chi connectivity index (χ2v) is 7.12. The monoisotopic (exact) mass is 347 g/mol. The van der Waals surface area contributed by atoms with E-state index < -0.39 is 0 Å². The van der Waals surface area contributed by atoms with Crippen molar-refractivity contribution in [2.45, 2.75) is 24.0 Å². The molecule has 4 rings (SSSR count). The predicted octanol–water partition coefficient (Wildman–Crippen LogP) is 4.16. The second-order valence-electron chi connectivity index (χ2n) is 5.34. The van der Waals surface area contributed by atoms with Gasteiger partial charge in [-0.1, -0.05) is 0 Å². The van der Waals surface area contributed by atoms with Gasteiger partial charge in [0.05, 0.1) is 6.10 Å². The minimum absolute atomic E-state index is 0.254. The van der Waals surface area contributed by atoms with E-state index in [0.717, 1.165) is 51.7 Å². The third kappa shape index (κ3) is 3.08. The van der Waals surface area contributed by atoms with Gasteiger partial charge in [0.15, 0.2) is 0 Å². The molecule has 0 unspecified atom stereocenters. The van der Waals surface area contributed by atoms with Gasteiger partial charge < -0.3 is 4.74 Å². The summed E-state index contributed by atoms with van der Waals surface area (Å²) in [4.78, 5) is 8.77. The summed E-state index contributed by atoms with van der Waals surface area (Å²) >= 11 is 3.08. The highest BCUT2D eigenvalue weighted by Gasteiger charge is 2.18. The highest BCUT2D eigenvalue weighted by Crippen LogP contribution is 2.35. The largest absolute Gasteiger partial charge is 0.377 e. The van der Waals surface area contributed by atoms with Crippen LogP contribution in [0.2, 0.25) is 0 Å². The lowest BCUT2D eigenvalue weighted by Crippen LogP contribution is -2.07. The number of fused-ring (bicyclic) bond motifs is 1. The Hall–Kier alpha value is -1.57. The minimum atomic E-state index is -0.254. The molecule has 0 saturated carbocycles. The number of benzene rings is 1. The number of hydrogen-bond donors (Lipinski definition) is 0. The number of nitrogens with zero attached hydrogens (tertiary/aromatic N) is 3. The molecular formula is C16H14FN3OS2. The van der Waals surface area contributed by atoms with Gasteiger partial charge in [-0.2, -0.15) is 4.37 Å². The van der Waals surface area contributed by atoms with Crippen molar-refractivity contribution in [2.75, 3.05) is 12.4 Å². The lowest BCUT2D eigenvalue weighted by molar-refractivity contribution is 0.129. The van der Waals surface area contributed by atoms with E-state index in [2.05, 4.69) is 14.3 Å². The molecule has 1 aliphatic heterocycles. The molecule has 3 heterocycles. The van der Waals surface area contributed by atoms with E-state index in [1.807, 2.05) is 0 Å². The molecule has 0 bridgehead atoms. The summed E-state index contributed by atoms with van der Waals surface area (Å²) in [6, 6.07) is 6.33. The molecule has 3 aromatic rings. The maximum Gasteiger partial charge on any atom is 0.123 e. The molecule has 0 spiro atoms. The van der Waals surface area contributed by atoms with Crippen LogP contribution in [0.3, 0.4) is 0 Å². The van der Waals surface area contributed by atoms with Gasteiger partial charge in [-0.15, -0.1) is 11.8 Å². The normalized spacial score (nSPS) is 17.9. The predicted molar refractivity (Wildman–Crippen MR) is 90.3 cm³/mol. The Labute approximate surface area is 141 Å². The van der Waals surface area contributed by atoms with Gasteiger partial charge in [0.1, 0.15) is 33.1 Å². The zero-order valence-corrected chi connectivity index (χ0v) is 13.9. The highest BCUT2D eigenvalue weighted by molar-refractivity contribution is 7.99. The lowest BCUT2D eigenvalue weighted by atomic mass is 10.1. The Balaban J connectivity index is 1.64. The molecule has 1 aliphatic rings. The molecule has 2 aromatic heterocycles. The van der Waals surface area contributed by atoms with E-state index >= 15 is 0 Å². The van der Waals surface area contributed by atoms with Gasteiger partial charge in [-0.3, -0.25) is 0 Å². The van der Waals surface area contributed by atoms with E-state index in [1.54, 1.807) is 30.2 Å². The highest BCUT2D eigenvalue weighted by atomic mass is 32.2. The molecule has 1 fully saturated rings. The number of rotatable bonds is 4. The molecule has 1 saturated heterocycles. The molecule has 1 aromatic carbocycles. The molecule has 23 heavy (non-hydrogen) atoms. The zero-order valence-electron chi connectivity index (χ0n) is 12.2. The molecule has 0 N–H and O–H groups in total. The van der Waals surface area contributed by atoms with Crippen LogP contribution in [0.15, 0.2) is 35.6 Å². The van der Waals surface area contributed by atoms with Crippen LogP contribution in [0.25, 0.3) is 21.5 Å². The molecule has 0 aliphatic carbocycles. The standard InChI is InChI=1S/C16H14FN3OS2/c17-11-5-3-10(4-6-11)13-14-15(23-20-13)16(19-9-18-14)22-8-12-2-1-7-21-12/h3-6,9,12H,1-2,7-8H2/t12-/m1/s1. The summed E-state index contributed by atoms with van der Waals surface area (Å²) in [5.41, 5.74) is 2.48. The summed E-state index contributed by atoms with van der Waals surface area (Å²) in [5.74, 6) is 0.645. The Morgan fingerprint density at radius 2 is 2.13 bits per heavy atom. The van der Waals surface area contributed by atoms with E-state index in [-0.39, 0.29) is 5.82 Å². The van der Waals surface area contributed by atoms with Crippen molar-refractivity contribution < 1.29 is 9.13 Å². The van der Waals surface area contributed by atoms with E-state index in [9.17, 15) is 4.39 Å². The first-order valence-electron chi connectivity index (χ1n) is 7.42. The van der Waals surface area contributed by atoms with Gasteiger partial charge >= 0.3 is 0 Å². The summed E-state index contributed by atoms with van der Waals surface area (Å²) in [7, 11) is 0. The lowest BCUT2D eigenvalue weighted by Gasteiger charge is -2.08. The smallest absolute Gasteiger partial charge is 0.123 e. The number of halogens is 1. The van der Waals surface area contributed by atoms with Crippen LogP contribution < -0.4 is 0 Å². The third-order valence-electron chi connectivity index (χ3n) is 3.77. The average Bonchev–Trinajstić information content (AvgIpc) is 3.23. The number of hydrogen-bond acceptors (Lipinski definition) is 6. The minimum Gasteiger partial charge on any atom is -0.377 e. The van der Waals surface area contributed by atoms with Gasteiger partial charge in [0.2, 0.25) is 0 Å². The Bertz CT molecular complexity index is 816. The van der Waals surface area contributed by atoms with E-state index in [4.69, 9.17) is 4.74 Å². The summed E-state index contributed by atoms with van der Waals surface area (Å²) in [6.45, 7) is 0.861. The first kappa shape index (κ1) is 15.0. The van der Waals surface area contributed by atoms with Gasteiger partial charge in [0.25, 0.3) is 0 Å². The van der Waals surface area contributed by atoms with Crippen molar-refractivity contribution in [1.29, 1.82) is 0 Å². The SMILES string of the molecule is Fc1ccc(-c2nsc3c(SC[C@H]4CCCO4)ncnc23)cc1. The Morgan fingerprint density at radius 1 is 1.26 bits per heavy atom. The Kier molecular flexibility index (Phi) is 4.24. The molecule has 7 heteroatoms. The van der Waals surface area contributed by atoms with Crippen molar-refractivity contribution in [2.24, 2.45) is 0 Å². The third-order valence-corrected chi connectivity index (χ3v) is 5.87. The maximum atomic E-state index is 13.1. The van der Waals surface area contributed by atoms with Crippen LogP contribution in [0.5, 0.6) is 0 Å². The molecule has 118 valence electrons.